The van der Waals surface area contributed by atoms with Crippen LogP contribution in [0.15, 0.2) is 46.2 Å². The quantitative estimate of drug-likeness (QED) is 0.816. The Labute approximate surface area is 151 Å². The zero-order valence-electron chi connectivity index (χ0n) is 14.4. The van der Waals surface area contributed by atoms with Crippen molar-refractivity contribution in [1.29, 1.82) is 0 Å². The molecule has 0 aromatic heterocycles. The monoisotopic (exact) mass is 378 g/mol. The largest absolute Gasteiger partial charge is 0.371 e. The predicted molar refractivity (Wildman–Crippen MR) is 95.3 cm³/mol. The van der Waals surface area contributed by atoms with Gasteiger partial charge in [0.2, 0.25) is 9.84 Å². The Bertz CT molecular complexity index is 962. The molecule has 4 rings (SSSR count). The molecule has 7 heteroatoms. The smallest absolute Gasteiger partial charge is 0.206 e. The van der Waals surface area contributed by atoms with Crippen molar-refractivity contribution in [3.63, 3.8) is 0 Å². The number of benzene rings is 2. The molecule has 0 amide bonds. The Morgan fingerprint density at radius 2 is 1.69 bits per heavy atom. The van der Waals surface area contributed by atoms with E-state index in [-0.39, 0.29) is 15.7 Å². The van der Waals surface area contributed by atoms with E-state index in [4.69, 9.17) is 0 Å². The number of halogens is 2. The summed E-state index contributed by atoms with van der Waals surface area (Å²) in [6.45, 7) is 1.84. The van der Waals surface area contributed by atoms with Gasteiger partial charge in [-0.2, -0.15) is 0 Å². The van der Waals surface area contributed by atoms with Crippen molar-refractivity contribution < 1.29 is 17.2 Å². The van der Waals surface area contributed by atoms with Gasteiger partial charge in [0, 0.05) is 24.7 Å². The van der Waals surface area contributed by atoms with Crippen LogP contribution < -0.4 is 10.2 Å². The lowest BCUT2D eigenvalue weighted by Gasteiger charge is -2.24. The molecule has 2 heterocycles. The summed E-state index contributed by atoms with van der Waals surface area (Å²) in [5.74, 6) is -1.96. The Balaban J connectivity index is 1.78. The highest BCUT2D eigenvalue weighted by Gasteiger charge is 2.37. The Morgan fingerprint density at radius 1 is 1.00 bits per heavy atom. The molecule has 138 valence electrons. The van der Waals surface area contributed by atoms with E-state index in [2.05, 4.69) is 10.2 Å². The summed E-state index contributed by atoms with van der Waals surface area (Å²) in [5.41, 5.74) is 2.07. The van der Waals surface area contributed by atoms with Crippen LogP contribution in [0.5, 0.6) is 0 Å². The van der Waals surface area contributed by atoms with Gasteiger partial charge in [-0.3, -0.25) is 0 Å². The second kappa shape index (κ2) is 6.32. The van der Waals surface area contributed by atoms with Crippen LogP contribution in [0, 0.1) is 11.6 Å². The van der Waals surface area contributed by atoms with Crippen LogP contribution in [0.4, 0.5) is 14.5 Å². The molecule has 2 aromatic carbocycles. The normalized spacial score (nSPS) is 22.7. The third kappa shape index (κ3) is 2.70. The average Bonchev–Trinajstić information content (AvgIpc) is 2.79. The second-order valence-corrected chi connectivity index (χ2v) is 8.86. The molecule has 2 atom stereocenters. The Hall–Kier alpha value is -1.99. The van der Waals surface area contributed by atoms with Gasteiger partial charge in [0.1, 0.15) is 0 Å². The lowest BCUT2D eigenvalue weighted by molar-refractivity contribution is 0.504. The molecule has 1 fully saturated rings. The van der Waals surface area contributed by atoms with E-state index >= 15 is 0 Å². The number of fused-ring (bicyclic) bond motifs is 3. The predicted octanol–water partition coefficient (Wildman–Crippen LogP) is 3.08. The second-order valence-electron chi connectivity index (χ2n) is 6.91. The van der Waals surface area contributed by atoms with Gasteiger partial charge in [-0.15, -0.1) is 0 Å². The van der Waals surface area contributed by atoms with Crippen LogP contribution in [0.25, 0.3) is 0 Å². The Morgan fingerprint density at radius 3 is 2.46 bits per heavy atom. The van der Waals surface area contributed by atoms with Gasteiger partial charge < -0.3 is 10.2 Å². The van der Waals surface area contributed by atoms with Crippen molar-refractivity contribution in [1.82, 2.24) is 5.32 Å². The minimum Gasteiger partial charge on any atom is -0.371 e. The fourth-order valence-corrected chi connectivity index (χ4v) is 5.44. The zero-order valence-corrected chi connectivity index (χ0v) is 15.2. The molecule has 0 saturated carbocycles. The molecule has 0 aliphatic carbocycles. The summed E-state index contributed by atoms with van der Waals surface area (Å²) in [5, 5.41) is 3.39. The van der Waals surface area contributed by atoms with Gasteiger partial charge in [0.05, 0.1) is 9.79 Å². The number of nitrogens with one attached hydrogen (secondary N) is 1. The van der Waals surface area contributed by atoms with E-state index in [1.165, 1.54) is 0 Å². The van der Waals surface area contributed by atoms with Crippen LogP contribution in [-0.4, -0.2) is 34.6 Å². The highest BCUT2D eigenvalue weighted by Crippen LogP contribution is 2.44. The Kier molecular flexibility index (Phi) is 4.23. The van der Waals surface area contributed by atoms with Crippen molar-refractivity contribution >= 4 is 15.5 Å². The van der Waals surface area contributed by atoms with Crippen molar-refractivity contribution in [3.05, 3.63) is 53.6 Å². The van der Waals surface area contributed by atoms with Crippen molar-refractivity contribution in [2.24, 2.45) is 0 Å². The first kappa shape index (κ1) is 17.4. The molecule has 2 aliphatic heterocycles. The molecular weight excluding hydrogens is 358 g/mol. The number of likely N-dealkylation sites (N-methyl/N-ethyl adjacent to an activating group) is 1. The number of rotatable bonds is 2. The molecule has 26 heavy (non-hydrogen) atoms. The lowest BCUT2D eigenvalue weighted by atomic mass is 9.91. The van der Waals surface area contributed by atoms with Crippen LogP contribution in [0.3, 0.4) is 0 Å². The SMILES string of the molecule is CN1c2ccc(S(=O)(=O)c3ccc(F)c(F)c3)cc2[C@H]2CCNCC[C@H]21. The highest BCUT2D eigenvalue weighted by molar-refractivity contribution is 7.91. The molecular formula is C19H20F2N2O2S. The van der Waals surface area contributed by atoms with Crippen LogP contribution in [-0.2, 0) is 9.84 Å². The van der Waals surface area contributed by atoms with Crippen LogP contribution >= 0.6 is 0 Å². The van der Waals surface area contributed by atoms with Crippen molar-refractivity contribution in [2.45, 2.75) is 34.6 Å². The van der Waals surface area contributed by atoms with Crippen molar-refractivity contribution in [3.8, 4) is 0 Å². The highest BCUT2D eigenvalue weighted by atomic mass is 32.2. The first-order valence-corrected chi connectivity index (χ1v) is 10.2. The summed E-state index contributed by atoms with van der Waals surface area (Å²) >= 11 is 0. The molecule has 4 nitrogen and oxygen atoms in total. The molecule has 1 saturated heterocycles. The van der Waals surface area contributed by atoms with E-state index in [1.807, 2.05) is 13.1 Å². The third-order valence-corrected chi connectivity index (χ3v) is 7.25. The van der Waals surface area contributed by atoms with Crippen LogP contribution in [0.2, 0.25) is 0 Å². The summed E-state index contributed by atoms with van der Waals surface area (Å²) in [4.78, 5) is 2.11. The fourth-order valence-electron chi connectivity index (χ4n) is 4.13. The molecule has 0 unspecified atom stereocenters. The van der Waals surface area contributed by atoms with Crippen molar-refractivity contribution in [2.75, 3.05) is 25.0 Å². The van der Waals surface area contributed by atoms with E-state index in [1.54, 1.807) is 12.1 Å². The zero-order chi connectivity index (χ0) is 18.5. The van der Waals surface area contributed by atoms with E-state index in [0.717, 1.165) is 55.4 Å². The molecule has 2 aromatic rings. The third-order valence-electron chi connectivity index (χ3n) is 5.50. The first-order valence-electron chi connectivity index (χ1n) is 8.67. The maximum Gasteiger partial charge on any atom is 0.206 e. The maximum atomic E-state index is 13.5. The summed E-state index contributed by atoms with van der Waals surface area (Å²) in [6, 6.07) is 8.11. The number of hydrogen-bond acceptors (Lipinski definition) is 4. The van der Waals surface area contributed by atoms with Crippen LogP contribution in [0.1, 0.15) is 24.3 Å². The van der Waals surface area contributed by atoms with Gasteiger partial charge in [-0.1, -0.05) is 0 Å². The number of hydrogen-bond donors (Lipinski definition) is 1. The van der Waals surface area contributed by atoms with Gasteiger partial charge in [-0.05, 0) is 67.9 Å². The van der Waals surface area contributed by atoms with Gasteiger partial charge in [-0.25, -0.2) is 17.2 Å². The summed E-state index contributed by atoms with van der Waals surface area (Å²) in [6.07, 6.45) is 1.94. The number of nitrogens with zero attached hydrogens (tertiary/aromatic N) is 1. The molecule has 0 spiro atoms. The van der Waals surface area contributed by atoms with Gasteiger partial charge in [0.25, 0.3) is 0 Å². The minimum absolute atomic E-state index is 0.119. The first-order chi connectivity index (χ1) is 12.4. The molecule has 2 aliphatic rings. The minimum atomic E-state index is -3.91. The summed E-state index contributed by atoms with van der Waals surface area (Å²) in [7, 11) is -1.87. The topological polar surface area (TPSA) is 49.4 Å². The fraction of sp³-hybridized carbons (Fsp3) is 0.368. The summed E-state index contributed by atoms with van der Waals surface area (Å²) < 4.78 is 52.4. The molecule has 0 radical (unpaired) electrons. The van der Waals surface area contributed by atoms with E-state index < -0.39 is 21.5 Å². The molecule has 1 N–H and O–H groups in total. The lowest BCUT2D eigenvalue weighted by Crippen LogP contribution is -2.30. The van der Waals surface area contributed by atoms with E-state index in [9.17, 15) is 17.2 Å². The number of anilines is 1. The number of sulfone groups is 1. The van der Waals surface area contributed by atoms with Gasteiger partial charge in [0.15, 0.2) is 11.6 Å². The molecule has 0 bridgehead atoms. The maximum absolute atomic E-state index is 13.5. The standard InChI is InChI=1S/C19H20F2N2O2S/c1-23-18-5-3-12(10-15(18)14-6-8-22-9-7-19(14)23)26(24,25)13-2-4-16(20)17(21)11-13/h2-5,10-11,14,19,22H,6-9H2,1H3/t14-,19-/m1/s1. The van der Waals surface area contributed by atoms with E-state index in [0.29, 0.717) is 6.04 Å². The average molecular weight is 378 g/mol. The van der Waals surface area contributed by atoms with Gasteiger partial charge >= 0.3 is 0 Å².